The van der Waals surface area contributed by atoms with Crippen molar-refractivity contribution < 1.29 is 9.59 Å². The largest absolute Gasteiger partial charge is 0.403 e. The quantitative estimate of drug-likeness (QED) is 0.214. The molecule has 0 aliphatic heterocycles. The van der Waals surface area contributed by atoms with Crippen molar-refractivity contribution in [1.82, 2.24) is 15.3 Å². The van der Waals surface area contributed by atoms with Crippen molar-refractivity contribution in [3.8, 4) is 0 Å². The summed E-state index contributed by atoms with van der Waals surface area (Å²) in [4.78, 5) is 28.0. The van der Waals surface area contributed by atoms with Crippen LogP contribution >= 0.6 is 0 Å². The molecule has 0 unspecified atom stereocenters. The Labute approximate surface area is 156 Å². The number of nitrogens with two attached hydrogens (primary N) is 2. The lowest BCUT2D eigenvalue weighted by Gasteiger charge is -2.14. The molecule has 8 heteroatoms. The molecule has 0 saturated heterocycles. The maximum absolute atomic E-state index is 12.0. The van der Waals surface area contributed by atoms with Crippen molar-refractivity contribution in [3.05, 3.63) is 35.9 Å². The van der Waals surface area contributed by atoms with E-state index in [4.69, 9.17) is 11.6 Å². The standard InChI is InChI=1S/C16H26N6O2.C2H6/c1-3-12-13(5-6-14(20-12)15(23)4-2)21-16(24)11-19-8-10-22(18)9-7-17;1-2/h5-7,9,19H,3-4,8,10-11,17-18H2,1-2H3,(H,21,24);1-2H3/b9-7-;. The Morgan fingerprint density at radius 1 is 1.27 bits per heavy atom. The van der Waals surface area contributed by atoms with Crippen LogP contribution in [0.3, 0.4) is 0 Å². The van der Waals surface area contributed by atoms with E-state index < -0.39 is 0 Å². The molecule has 1 aromatic heterocycles. The molecule has 0 fully saturated rings. The van der Waals surface area contributed by atoms with Gasteiger partial charge in [0.25, 0.3) is 0 Å². The van der Waals surface area contributed by atoms with Crippen LogP contribution in [0.15, 0.2) is 24.5 Å². The number of rotatable bonds is 10. The number of aromatic nitrogens is 1. The van der Waals surface area contributed by atoms with Gasteiger partial charge in [0.05, 0.1) is 17.9 Å². The Balaban J connectivity index is 0.00000301. The number of hydrazine groups is 1. The first-order chi connectivity index (χ1) is 12.5. The monoisotopic (exact) mass is 364 g/mol. The van der Waals surface area contributed by atoms with E-state index in [1.54, 1.807) is 25.3 Å². The normalized spacial score (nSPS) is 10.2. The molecule has 1 amide bonds. The summed E-state index contributed by atoms with van der Waals surface area (Å²) in [6.45, 7) is 8.94. The van der Waals surface area contributed by atoms with E-state index in [1.165, 1.54) is 11.2 Å². The number of Topliss-reactive ketones (excluding diaryl/α,β-unsaturated/α-hetero) is 1. The van der Waals surface area contributed by atoms with Gasteiger partial charge >= 0.3 is 0 Å². The third-order valence-electron chi connectivity index (χ3n) is 3.30. The van der Waals surface area contributed by atoms with E-state index in [9.17, 15) is 9.59 Å². The van der Waals surface area contributed by atoms with Gasteiger partial charge in [-0.2, -0.15) is 0 Å². The van der Waals surface area contributed by atoms with E-state index in [1.807, 2.05) is 20.8 Å². The van der Waals surface area contributed by atoms with Gasteiger partial charge in [0.15, 0.2) is 5.78 Å². The predicted molar refractivity (Wildman–Crippen MR) is 105 cm³/mol. The number of nitrogens with one attached hydrogen (secondary N) is 2. The average Bonchev–Trinajstić information content (AvgIpc) is 2.66. The molecule has 1 heterocycles. The fourth-order valence-electron chi connectivity index (χ4n) is 2.01. The lowest BCUT2D eigenvalue weighted by Crippen LogP contribution is -2.36. The number of aryl methyl sites for hydroxylation is 1. The van der Waals surface area contributed by atoms with E-state index in [0.717, 1.165) is 0 Å². The topological polar surface area (TPSA) is 126 Å². The Morgan fingerprint density at radius 3 is 2.54 bits per heavy atom. The number of anilines is 1. The Kier molecular flexibility index (Phi) is 12.5. The number of hydrogen-bond acceptors (Lipinski definition) is 7. The third kappa shape index (κ3) is 8.59. The van der Waals surface area contributed by atoms with Gasteiger partial charge in [0, 0.05) is 31.9 Å². The van der Waals surface area contributed by atoms with Gasteiger partial charge in [-0.3, -0.25) is 9.59 Å². The highest BCUT2D eigenvalue weighted by Crippen LogP contribution is 2.15. The first-order valence-corrected chi connectivity index (χ1v) is 8.95. The first-order valence-electron chi connectivity index (χ1n) is 8.95. The van der Waals surface area contributed by atoms with Gasteiger partial charge in [-0.15, -0.1) is 0 Å². The molecule has 146 valence electrons. The molecule has 1 aromatic rings. The molecule has 0 aliphatic carbocycles. The van der Waals surface area contributed by atoms with E-state index >= 15 is 0 Å². The predicted octanol–water partition coefficient (Wildman–Crippen LogP) is 1.40. The number of pyridine rings is 1. The molecule has 0 aliphatic rings. The van der Waals surface area contributed by atoms with Crippen molar-refractivity contribution in [1.29, 1.82) is 0 Å². The molecule has 0 radical (unpaired) electrons. The van der Waals surface area contributed by atoms with Gasteiger partial charge in [-0.05, 0) is 18.6 Å². The lowest BCUT2D eigenvalue weighted by molar-refractivity contribution is -0.115. The van der Waals surface area contributed by atoms with E-state index in [2.05, 4.69) is 15.6 Å². The third-order valence-corrected chi connectivity index (χ3v) is 3.30. The van der Waals surface area contributed by atoms with Gasteiger partial charge in [0.2, 0.25) is 5.91 Å². The second kappa shape index (κ2) is 13.8. The highest BCUT2D eigenvalue weighted by atomic mass is 16.2. The van der Waals surface area contributed by atoms with Crippen LogP contribution in [0, 0.1) is 0 Å². The molecule has 8 nitrogen and oxygen atoms in total. The Bertz CT molecular complexity index is 589. The van der Waals surface area contributed by atoms with Crippen LogP contribution in [-0.2, 0) is 11.2 Å². The van der Waals surface area contributed by atoms with Crippen molar-refractivity contribution >= 4 is 17.4 Å². The van der Waals surface area contributed by atoms with Crippen molar-refractivity contribution in [2.24, 2.45) is 11.6 Å². The number of carbonyl (C=O) groups is 2. The summed E-state index contributed by atoms with van der Waals surface area (Å²) in [5.74, 6) is 5.41. The minimum Gasteiger partial charge on any atom is -0.403 e. The molecule has 6 N–H and O–H groups in total. The zero-order valence-corrected chi connectivity index (χ0v) is 16.2. The maximum Gasteiger partial charge on any atom is 0.238 e. The van der Waals surface area contributed by atoms with Crippen LogP contribution in [-0.4, -0.2) is 41.3 Å². The minimum absolute atomic E-state index is 0.0119. The summed E-state index contributed by atoms with van der Waals surface area (Å²) in [7, 11) is 0. The number of ketones is 1. The molecular weight excluding hydrogens is 332 g/mol. The minimum atomic E-state index is -0.181. The van der Waals surface area contributed by atoms with Crippen LogP contribution in [0.5, 0.6) is 0 Å². The van der Waals surface area contributed by atoms with Gasteiger partial charge in [-0.1, -0.05) is 27.7 Å². The molecular formula is C18H32N6O2. The summed E-state index contributed by atoms with van der Waals surface area (Å²) in [6.07, 6.45) is 3.92. The van der Waals surface area contributed by atoms with E-state index in [-0.39, 0.29) is 18.2 Å². The van der Waals surface area contributed by atoms with Crippen LogP contribution in [0.2, 0.25) is 0 Å². The lowest BCUT2D eigenvalue weighted by atomic mass is 10.1. The summed E-state index contributed by atoms with van der Waals surface area (Å²) in [5, 5.41) is 7.22. The molecule has 0 spiro atoms. The van der Waals surface area contributed by atoms with Crippen molar-refractivity contribution in [3.63, 3.8) is 0 Å². The number of hydrogen-bond donors (Lipinski definition) is 4. The smallest absolute Gasteiger partial charge is 0.238 e. The van der Waals surface area contributed by atoms with Crippen LogP contribution < -0.4 is 22.2 Å². The van der Waals surface area contributed by atoms with Crippen LogP contribution in [0.4, 0.5) is 5.69 Å². The van der Waals surface area contributed by atoms with Crippen molar-refractivity contribution in [2.75, 3.05) is 25.0 Å². The van der Waals surface area contributed by atoms with Crippen molar-refractivity contribution in [2.45, 2.75) is 40.5 Å². The zero-order valence-electron chi connectivity index (χ0n) is 16.2. The molecule has 0 atom stereocenters. The van der Waals surface area contributed by atoms with E-state index in [0.29, 0.717) is 43.0 Å². The summed E-state index contributed by atoms with van der Waals surface area (Å²) >= 11 is 0. The number of nitrogens with zero attached hydrogens (tertiary/aromatic N) is 2. The highest BCUT2D eigenvalue weighted by Gasteiger charge is 2.11. The summed E-state index contributed by atoms with van der Waals surface area (Å²) < 4.78 is 0. The molecule has 0 saturated carbocycles. The fraction of sp³-hybridized carbons (Fsp3) is 0.500. The molecule has 1 rings (SSSR count). The Morgan fingerprint density at radius 2 is 1.96 bits per heavy atom. The molecule has 0 bridgehead atoms. The molecule has 0 aromatic carbocycles. The second-order valence-electron chi connectivity index (χ2n) is 5.13. The summed E-state index contributed by atoms with van der Waals surface area (Å²) in [5.41, 5.74) is 6.98. The average molecular weight is 364 g/mol. The fourth-order valence-corrected chi connectivity index (χ4v) is 2.01. The van der Waals surface area contributed by atoms with Crippen LogP contribution in [0.1, 0.15) is 50.3 Å². The summed E-state index contributed by atoms with van der Waals surface area (Å²) in [6, 6.07) is 3.36. The zero-order chi connectivity index (χ0) is 19.9. The first kappa shape index (κ1) is 23.5. The van der Waals surface area contributed by atoms with Crippen LogP contribution in [0.25, 0.3) is 0 Å². The van der Waals surface area contributed by atoms with Gasteiger partial charge in [0.1, 0.15) is 5.69 Å². The molecule has 26 heavy (non-hydrogen) atoms. The maximum atomic E-state index is 12.0. The highest BCUT2D eigenvalue weighted by molar-refractivity contribution is 5.96. The Hall–Kier alpha value is -2.45. The number of carbonyl (C=O) groups excluding carboxylic acids is 2. The SMILES string of the molecule is CC.CCC(=O)c1ccc(NC(=O)CNCCN(N)/C=C\N)c(CC)n1. The van der Waals surface area contributed by atoms with Gasteiger partial charge in [-0.25, -0.2) is 10.8 Å². The number of amides is 1. The second-order valence-corrected chi connectivity index (χ2v) is 5.13. The van der Waals surface area contributed by atoms with Gasteiger partial charge < -0.3 is 21.4 Å².